The van der Waals surface area contributed by atoms with E-state index < -0.39 is 5.60 Å². The highest BCUT2D eigenvalue weighted by atomic mass is 16.6. The molecule has 1 aromatic rings. The van der Waals surface area contributed by atoms with E-state index in [0.717, 1.165) is 5.56 Å². The first-order valence-corrected chi connectivity index (χ1v) is 5.97. The van der Waals surface area contributed by atoms with Crippen molar-refractivity contribution in [2.45, 2.75) is 33.3 Å². The average molecular weight is 250 g/mol. The van der Waals surface area contributed by atoms with Crippen molar-refractivity contribution in [1.82, 2.24) is 4.98 Å². The number of rotatable bonds is 0. The predicted octanol–water partition coefficient (Wildman–Crippen LogP) is 2.52. The minimum atomic E-state index is -0.515. The number of nitrogens with zero attached hydrogens (tertiary/aromatic N) is 2. The number of hydrogen-bond donors (Lipinski definition) is 0. The van der Waals surface area contributed by atoms with E-state index in [1.807, 2.05) is 33.8 Å². The first-order valence-electron chi connectivity index (χ1n) is 5.97. The molecule has 5 nitrogen and oxygen atoms in total. The Morgan fingerprint density at radius 1 is 1.50 bits per heavy atom. The first kappa shape index (κ1) is 12.7. The van der Waals surface area contributed by atoms with Crippen LogP contribution in [0.2, 0.25) is 0 Å². The van der Waals surface area contributed by atoms with Crippen LogP contribution in [0.3, 0.4) is 0 Å². The van der Waals surface area contributed by atoms with Crippen LogP contribution in [-0.2, 0) is 4.74 Å². The van der Waals surface area contributed by atoms with Crippen LogP contribution in [0.25, 0.3) is 0 Å². The third-order valence-electron chi connectivity index (χ3n) is 2.51. The standard InChI is InChI=1S/C13H18N2O3/c1-9-5-6-14-11-10(9)17-8-7-15(11)12(16)18-13(2,3)4/h5-6H,7-8H2,1-4H3. The topological polar surface area (TPSA) is 51.7 Å². The highest BCUT2D eigenvalue weighted by molar-refractivity contribution is 5.89. The third-order valence-corrected chi connectivity index (χ3v) is 2.51. The van der Waals surface area contributed by atoms with Crippen LogP contribution >= 0.6 is 0 Å². The normalized spacial score (nSPS) is 14.8. The van der Waals surface area contributed by atoms with Crippen molar-refractivity contribution in [3.63, 3.8) is 0 Å². The molecule has 0 spiro atoms. The zero-order valence-corrected chi connectivity index (χ0v) is 11.2. The average Bonchev–Trinajstić information content (AvgIpc) is 2.26. The smallest absolute Gasteiger partial charge is 0.416 e. The van der Waals surface area contributed by atoms with Crippen molar-refractivity contribution in [2.24, 2.45) is 0 Å². The minimum absolute atomic E-state index is 0.384. The van der Waals surface area contributed by atoms with Gasteiger partial charge in [-0.3, -0.25) is 4.90 Å². The summed E-state index contributed by atoms with van der Waals surface area (Å²) in [6, 6.07) is 1.86. The maximum Gasteiger partial charge on any atom is 0.416 e. The van der Waals surface area contributed by atoms with Crippen LogP contribution in [-0.4, -0.2) is 29.8 Å². The van der Waals surface area contributed by atoms with Gasteiger partial charge in [-0.15, -0.1) is 0 Å². The molecule has 0 fully saturated rings. The second-order valence-electron chi connectivity index (χ2n) is 5.26. The van der Waals surface area contributed by atoms with Gasteiger partial charge in [0.15, 0.2) is 11.6 Å². The van der Waals surface area contributed by atoms with E-state index in [0.29, 0.717) is 24.7 Å². The van der Waals surface area contributed by atoms with E-state index in [2.05, 4.69) is 4.98 Å². The molecule has 0 atom stereocenters. The van der Waals surface area contributed by atoms with Crippen molar-refractivity contribution < 1.29 is 14.3 Å². The molecule has 0 bridgehead atoms. The Hall–Kier alpha value is -1.78. The number of hydrogen-bond acceptors (Lipinski definition) is 4. The zero-order valence-electron chi connectivity index (χ0n) is 11.2. The summed E-state index contributed by atoms with van der Waals surface area (Å²) < 4.78 is 10.9. The van der Waals surface area contributed by atoms with Gasteiger partial charge in [0.1, 0.15) is 12.2 Å². The lowest BCUT2D eigenvalue weighted by atomic mass is 10.2. The highest BCUT2D eigenvalue weighted by Crippen LogP contribution is 2.32. The van der Waals surface area contributed by atoms with E-state index >= 15 is 0 Å². The summed E-state index contributed by atoms with van der Waals surface area (Å²) in [5, 5.41) is 0. The molecule has 0 N–H and O–H groups in total. The number of pyridine rings is 1. The summed E-state index contributed by atoms with van der Waals surface area (Å²) >= 11 is 0. The fraction of sp³-hybridized carbons (Fsp3) is 0.538. The van der Waals surface area contributed by atoms with Crippen LogP contribution in [0.4, 0.5) is 10.6 Å². The number of carbonyl (C=O) groups excluding carboxylic acids is 1. The van der Waals surface area contributed by atoms with E-state index in [-0.39, 0.29) is 6.09 Å². The number of anilines is 1. The van der Waals surface area contributed by atoms with E-state index in [4.69, 9.17) is 9.47 Å². The molecule has 2 heterocycles. The molecule has 0 aromatic carbocycles. The summed E-state index contributed by atoms with van der Waals surface area (Å²) in [5.74, 6) is 1.20. The lowest BCUT2D eigenvalue weighted by molar-refractivity contribution is 0.0566. The molecule has 1 aliphatic rings. The summed E-state index contributed by atoms with van der Waals surface area (Å²) in [4.78, 5) is 17.8. The van der Waals surface area contributed by atoms with E-state index in [1.165, 1.54) is 4.90 Å². The molecule has 1 aromatic heterocycles. The van der Waals surface area contributed by atoms with Crippen molar-refractivity contribution >= 4 is 11.9 Å². The fourth-order valence-electron chi connectivity index (χ4n) is 1.74. The van der Waals surface area contributed by atoms with E-state index in [1.54, 1.807) is 6.20 Å². The predicted molar refractivity (Wildman–Crippen MR) is 68.0 cm³/mol. The van der Waals surface area contributed by atoms with Gasteiger partial charge in [-0.25, -0.2) is 9.78 Å². The van der Waals surface area contributed by atoms with Gasteiger partial charge >= 0.3 is 6.09 Å². The SMILES string of the molecule is Cc1ccnc2c1OCCN2C(=O)OC(C)(C)C. The van der Waals surface area contributed by atoms with Crippen molar-refractivity contribution in [3.05, 3.63) is 17.8 Å². The van der Waals surface area contributed by atoms with Gasteiger partial charge < -0.3 is 9.47 Å². The largest absolute Gasteiger partial charge is 0.488 e. The number of amides is 1. The Morgan fingerprint density at radius 2 is 2.22 bits per heavy atom. The molecule has 18 heavy (non-hydrogen) atoms. The molecule has 0 radical (unpaired) electrons. The quantitative estimate of drug-likeness (QED) is 0.710. The van der Waals surface area contributed by atoms with Crippen LogP contribution in [0.5, 0.6) is 5.75 Å². The molecular formula is C13H18N2O3. The van der Waals surface area contributed by atoms with Gasteiger partial charge in [0.05, 0.1) is 6.54 Å². The Bertz CT molecular complexity index is 466. The molecule has 0 aliphatic carbocycles. The van der Waals surface area contributed by atoms with E-state index in [9.17, 15) is 4.79 Å². The van der Waals surface area contributed by atoms with Crippen molar-refractivity contribution in [3.8, 4) is 5.75 Å². The molecule has 5 heteroatoms. The van der Waals surface area contributed by atoms with Crippen LogP contribution in [0, 0.1) is 6.92 Å². The Kier molecular flexibility index (Phi) is 3.15. The number of fused-ring (bicyclic) bond motifs is 1. The number of aryl methyl sites for hydroxylation is 1. The fourth-order valence-corrected chi connectivity index (χ4v) is 1.74. The van der Waals surface area contributed by atoms with Gasteiger partial charge in [0.2, 0.25) is 0 Å². The van der Waals surface area contributed by atoms with Crippen molar-refractivity contribution in [2.75, 3.05) is 18.1 Å². The second kappa shape index (κ2) is 4.48. The third kappa shape index (κ3) is 2.55. The Morgan fingerprint density at radius 3 is 2.89 bits per heavy atom. The monoisotopic (exact) mass is 250 g/mol. The number of ether oxygens (including phenoxy) is 2. The Labute approximate surface area is 107 Å². The summed E-state index contributed by atoms with van der Waals surface area (Å²) in [7, 11) is 0. The Balaban J connectivity index is 2.28. The van der Waals surface area contributed by atoms with Gasteiger partial charge in [0.25, 0.3) is 0 Å². The van der Waals surface area contributed by atoms with Crippen molar-refractivity contribution in [1.29, 1.82) is 0 Å². The molecule has 98 valence electrons. The maximum absolute atomic E-state index is 12.1. The lowest BCUT2D eigenvalue weighted by Crippen LogP contribution is -2.42. The number of carbonyl (C=O) groups is 1. The lowest BCUT2D eigenvalue weighted by Gasteiger charge is -2.31. The highest BCUT2D eigenvalue weighted by Gasteiger charge is 2.29. The molecule has 0 saturated heterocycles. The molecule has 1 aliphatic heterocycles. The number of aromatic nitrogens is 1. The van der Waals surface area contributed by atoms with Gasteiger partial charge in [-0.2, -0.15) is 0 Å². The zero-order chi connectivity index (χ0) is 13.3. The van der Waals surface area contributed by atoms with Crippen LogP contribution in [0.1, 0.15) is 26.3 Å². The van der Waals surface area contributed by atoms with Crippen LogP contribution in [0.15, 0.2) is 12.3 Å². The second-order valence-corrected chi connectivity index (χ2v) is 5.26. The molecule has 2 rings (SSSR count). The summed E-state index contributed by atoms with van der Waals surface area (Å²) in [6.45, 7) is 8.37. The maximum atomic E-state index is 12.1. The summed E-state index contributed by atoms with van der Waals surface area (Å²) in [5.41, 5.74) is 0.451. The molecule has 0 unspecified atom stereocenters. The molecule has 0 saturated carbocycles. The summed E-state index contributed by atoms with van der Waals surface area (Å²) in [6.07, 6.45) is 1.28. The first-order chi connectivity index (χ1) is 8.38. The van der Waals surface area contributed by atoms with Crippen LogP contribution < -0.4 is 9.64 Å². The van der Waals surface area contributed by atoms with Gasteiger partial charge in [0, 0.05) is 6.20 Å². The molecule has 1 amide bonds. The van der Waals surface area contributed by atoms with Gasteiger partial charge in [-0.1, -0.05) is 0 Å². The molecular weight excluding hydrogens is 232 g/mol. The minimum Gasteiger partial charge on any atom is -0.488 e. The van der Waals surface area contributed by atoms with Gasteiger partial charge in [-0.05, 0) is 39.3 Å².